The van der Waals surface area contributed by atoms with Crippen molar-refractivity contribution in [2.75, 3.05) is 13.1 Å². The Kier molecular flexibility index (Phi) is 5.94. The van der Waals surface area contributed by atoms with Crippen LogP contribution in [0.25, 0.3) is 0 Å². The molecule has 0 saturated carbocycles. The van der Waals surface area contributed by atoms with Gasteiger partial charge in [0.05, 0.1) is 0 Å². The molecule has 0 spiro atoms. The molecular weight excluding hydrogens is 208 g/mol. The second-order valence-electron chi connectivity index (χ2n) is 6.66. The first kappa shape index (κ1) is 15.0. The van der Waals surface area contributed by atoms with Crippen LogP contribution >= 0.6 is 0 Å². The summed E-state index contributed by atoms with van der Waals surface area (Å²) < 4.78 is 0. The van der Waals surface area contributed by atoms with Crippen molar-refractivity contribution in [3.05, 3.63) is 0 Å². The molecule has 1 heterocycles. The summed E-state index contributed by atoms with van der Waals surface area (Å²) in [5.74, 6) is 0. The molecule has 0 aromatic heterocycles. The van der Waals surface area contributed by atoms with Crippen LogP contribution in [0, 0.1) is 0 Å². The molecule has 2 unspecified atom stereocenters. The van der Waals surface area contributed by atoms with Gasteiger partial charge >= 0.3 is 0 Å². The average Bonchev–Trinajstić information content (AvgIpc) is 2.26. The SMILES string of the molecule is CCCC1CCCCN1C(C)CNC(C)(C)C. The van der Waals surface area contributed by atoms with E-state index in [1.165, 1.54) is 38.6 Å². The Labute approximate surface area is 108 Å². The average molecular weight is 240 g/mol. The zero-order valence-electron chi connectivity index (χ0n) is 12.6. The van der Waals surface area contributed by atoms with Crippen molar-refractivity contribution < 1.29 is 0 Å². The maximum atomic E-state index is 3.64. The van der Waals surface area contributed by atoms with E-state index in [0.717, 1.165) is 12.6 Å². The molecule has 2 nitrogen and oxygen atoms in total. The predicted octanol–water partition coefficient (Wildman–Crippen LogP) is 3.42. The molecule has 2 atom stereocenters. The largest absolute Gasteiger partial charge is 0.311 e. The molecule has 1 aliphatic heterocycles. The van der Waals surface area contributed by atoms with Gasteiger partial charge in [0.25, 0.3) is 0 Å². The topological polar surface area (TPSA) is 15.3 Å². The molecule has 1 saturated heterocycles. The number of likely N-dealkylation sites (tertiary alicyclic amines) is 1. The van der Waals surface area contributed by atoms with E-state index in [4.69, 9.17) is 0 Å². The number of hydrogen-bond donors (Lipinski definition) is 1. The third-order valence-electron chi connectivity index (χ3n) is 3.79. The summed E-state index contributed by atoms with van der Waals surface area (Å²) in [7, 11) is 0. The van der Waals surface area contributed by atoms with Crippen LogP contribution in [0.5, 0.6) is 0 Å². The minimum absolute atomic E-state index is 0.240. The van der Waals surface area contributed by atoms with Crippen molar-refractivity contribution in [2.45, 2.75) is 84.3 Å². The molecule has 1 aliphatic rings. The van der Waals surface area contributed by atoms with Crippen molar-refractivity contribution in [3.8, 4) is 0 Å². The fraction of sp³-hybridized carbons (Fsp3) is 1.00. The van der Waals surface area contributed by atoms with Gasteiger partial charge in [-0.2, -0.15) is 0 Å². The summed E-state index contributed by atoms with van der Waals surface area (Å²) in [6, 6.07) is 1.51. The fourth-order valence-corrected chi connectivity index (χ4v) is 2.82. The Morgan fingerprint density at radius 2 is 2.00 bits per heavy atom. The van der Waals surface area contributed by atoms with Crippen LogP contribution in [-0.4, -0.2) is 35.6 Å². The lowest BCUT2D eigenvalue weighted by molar-refractivity contribution is 0.0921. The van der Waals surface area contributed by atoms with Gasteiger partial charge in [0.1, 0.15) is 0 Å². The first-order chi connectivity index (χ1) is 7.94. The van der Waals surface area contributed by atoms with Crippen LogP contribution in [-0.2, 0) is 0 Å². The zero-order chi connectivity index (χ0) is 12.9. The summed E-state index contributed by atoms with van der Waals surface area (Å²) >= 11 is 0. The molecule has 0 bridgehead atoms. The molecular formula is C15H32N2. The highest BCUT2D eigenvalue weighted by Crippen LogP contribution is 2.23. The first-order valence-corrected chi connectivity index (χ1v) is 7.45. The summed E-state index contributed by atoms with van der Waals surface area (Å²) in [4.78, 5) is 2.74. The van der Waals surface area contributed by atoms with Crippen LogP contribution in [0.3, 0.4) is 0 Å². The van der Waals surface area contributed by atoms with Gasteiger partial charge in [0.2, 0.25) is 0 Å². The fourth-order valence-electron chi connectivity index (χ4n) is 2.82. The molecule has 0 aromatic carbocycles. The molecule has 102 valence electrons. The van der Waals surface area contributed by atoms with Gasteiger partial charge < -0.3 is 5.32 Å². The third-order valence-corrected chi connectivity index (χ3v) is 3.79. The summed E-state index contributed by atoms with van der Waals surface area (Å²) in [5, 5.41) is 3.64. The lowest BCUT2D eigenvalue weighted by Gasteiger charge is -2.41. The number of nitrogens with one attached hydrogen (secondary N) is 1. The molecule has 0 radical (unpaired) electrons. The zero-order valence-corrected chi connectivity index (χ0v) is 12.6. The Balaban J connectivity index is 2.44. The summed E-state index contributed by atoms with van der Waals surface area (Å²) in [6.07, 6.45) is 6.93. The van der Waals surface area contributed by atoms with E-state index >= 15 is 0 Å². The van der Waals surface area contributed by atoms with E-state index in [-0.39, 0.29) is 5.54 Å². The minimum atomic E-state index is 0.240. The van der Waals surface area contributed by atoms with Crippen LogP contribution in [0.4, 0.5) is 0 Å². The van der Waals surface area contributed by atoms with Crippen LogP contribution < -0.4 is 5.32 Å². The van der Waals surface area contributed by atoms with Crippen molar-refractivity contribution in [1.82, 2.24) is 10.2 Å². The number of rotatable bonds is 5. The Morgan fingerprint density at radius 1 is 1.29 bits per heavy atom. The smallest absolute Gasteiger partial charge is 0.0195 e. The van der Waals surface area contributed by atoms with E-state index in [1.54, 1.807) is 0 Å². The summed E-state index contributed by atoms with van der Waals surface area (Å²) in [6.45, 7) is 13.9. The second-order valence-corrected chi connectivity index (χ2v) is 6.66. The van der Waals surface area contributed by atoms with E-state index in [2.05, 4.69) is 44.8 Å². The van der Waals surface area contributed by atoms with Gasteiger partial charge in [-0.15, -0.1) is 0 Å². The molecule has 1 N–H and O–H groups in total. The van der Waals surface area contributed by atoms with Crippen molar-refractivity contribution in [1.29, 1.82) is 0 Å². The highest BCUT2D eigenvalue weighted by molar-refractivity contribution is 4.83. The van der Waals surface area contributed by atoms with Crippen molar-refractivity contribution in [2.24, 2.45) is 0 Å². The van der Waals surface area contributed by atoms with Gasteiger partial charge in [0.15, 0.2) is 0 Å². The Bertz CT molecular complexity index is 205. The van der Waals surface area contributed by atoms with E-state index < -0.39 is 0 Å². The highest BCUT2D eigenvalue weighted by Gasteiger charge is 2.26. The first-order valence-electron chi connectivity index (χ1n) is 7.45. The lowest BCUT2D eigenvalue weighted by Crippen LogP contribution is -2.51. The predicted molar refractivity (Wildman–Crippen MR) is 76.5 cm³/mol. The van der Waals surface area contributed by atoms with Crippen LogP contribution in [0.1, 0.15) is 66.7 Å². The normalized spacial score (nSPS) is 24.9. The highest BCUT2D eigenvalue weighted by atomic mass is 15.2. The van der Waals surface area contributed by atoms with E-state index in [0.29, 0.717) is 6.04 Å². The van der Waals surface area contributed by atoms with E-state index in [9.17, 15) is 0 Å². The van der Waals surface area contributed by atoms with Crippen LogP contribution in [0.15, 0.2) is 0 Å². The van der Waals surface area contributed by atoms with E-state index in [1.807, 2.05) is 0 Å². The van der Waals surface area contributed by atoms with Crippen molar-refractivity contribution in [3.63, 3.8) is 0 Å². The summed E-state index contributed by atoms with van der Waals surface area (Å²) in [5.41, 5.74) is 0.240. The Hall–Kier alpha value is -0.0800. The van der Waals surface area contributed by atoms with Gasteiger partial charge in [-0.25, -0.2) is 0 Å². The van der Waals surface area contributed by atoms with Gasteiger partial charge in [-0.05, 0) is 53.5 Å². The van der Waals surface area contributed by atoms with Gasteiger partial charge in [-0.1, -0.05) is 19.8 Å². The molecule has 0 aliphatic carbocycles. The maximum Gasteiger partial charge on any atom is 0.0195 e. The maximum absolute atomic E-state index is 3.64. The standard InChI is InChI=1S/C15H32N2/c1-6-9-14-10-7-8-11-17(14)13(2)12-16-15(3,4)5/h13-14,16H,6-12H2,1-5H3. The minimum Gasteiger partial charge on any atom is -0.311 e. The molecule has 1 fully saturated rings. The second kappa shape index (κ2) is 6.75. The Morgan fingerprint density at radius 3 is 2.59 bits per heavy atom. The molecule has 2 heteroatoms. The quantitative estimate of drug-likeness (QED) is 0.792. The molecule has 17 heavy (non-hydrogen) atoms. The van der Waals surface area contributed by atoms with Crippen LogP contribution in [0.2, 0.25) is 0 Å². The molecule has 0 aromatic rings. The van der Waals surface area contributed by atoms with Gasteiger partial charge in [0, 0.05) is 24.2 Å². The number of hydrogen-bond acceptors (Lipinski definition) is 2. The lowest BCUT2D eigenvalue weighted by atomic mass is 9.96. The van der Waals surface area contributed by atoms with Gasteiger partial charge in [-0.3, -0.25) is 4.90 Å². The molecule has 0 amide bonds. The van der Waals surface area contributed by atoms with Crippen molar-refractivity contribution >= 4 is 0 Å². The monoisotopic (exact) mass is 240 g/mol. The number of piperidine rings is 1. The third kappa shape index (κ3) is 5.39. The number of nitrogens with zero attached hydrogens (tertiary/aromatic N) is 1. The molecule has 1 rings (SSSR count).